The minimum atomic E-state index is 0.320. The summed E-state index contributed by atoms with van der Waals surface area (Å²) in [5, 5.41) is 22.8. The molecule has 5 heteroatoms. The van der Waals surface area contributed by atoms with Crippen molar-refractivity contribution in [2.75, 3.05) is 0 Å². The molecule has 0 fully saturated rings. The van der Waals surface area contributed by atoms with Crippen LogP contribution in [0.4, 0.5) is 0 Å². The highest BCUT2D eigenvalue weighted by Gasteiger charge is 2.34. The zero-order valence-electron chi connectivity index (χ0n) is 53.2. The van der Waals surface area contributed by atoms with E-state index in [4.69, 9.17) is 0 Å². The van der Waals surface area contributed by atoms with Gasteiger partial charge in [-0.1, -0.05) is 159 Å². The molecule has 0 saturated heterocycles. The van der Waals surface area contributed by atoms with Gasteiger partial charge in [-0.2, -0.15) is 5.26 Å². The second-order valence-electron chi connectivity index (χ2n) is 27.3. The van der Waals surface area contributed by atoms with Crippen molar-refractivity contribution in [1.29, 1.82) is 5.26 Å². The van der Waals surface area contributed by atoms with Gasteiger partial charge in [-0.3, -0.25) is 0 Å². The number of rotatable bonds is 12. The van der Waals surface area contributed by atoms with Gasteiger partial charge in [0.1, 0.15) is 11.6 Å². The van der Waals surface area contributed by atoms with Gasteiger partial charge in [0, 0.05) is 48.7 Å². The zero-order chi connectivity index (χ0) is 59.9. The molecule has 0 unspecified atom stereocenters. The molecule has 0 N–H and O–H groups in total. The molecule has 4 aromatic heterocycles. The summed E-state index contributed by atoms with van der Waals surface area (Å²) in [5.41, 5.74) is 24.5. The van der Waals surface area contributed by atoms with Gasteiger partial charge in [-0.05, 0) is 196 Å². The Morgan fingerprint density at radius 2 is 0.400 bits per heavy atom. The summed E-state index contributed by atoms with van der Waals surface area (Å²) in [6, 6.07) is 60.1. The van der Waals surface area contributed by atoms with E-state index < -0.39 is 0 Å². The molecule has 4 heterocycles. The van der Waals surface area contributed by atoms with E-state index in [0.717, 1.165) is 72.4 Å². The number of nitrogens with zero attached hydrogens (tertiary/aromatic N) is 5. The van der Waals surface area contributed by atoms with Crippen LogP contribution in [0, 0.1) is 18.3 Å². The van der Waals surface area contributed by atoms with E-state index in [-0.39, 0.29) is 0 Å². The number of aromatic nitrogens is 4. The topological polar surface area (TPSA) is 43.5 Å². The monoisotopic (exact) mass is 1110 g/mol. The number of hydrogen-bond acceptors (Lipinski definition) is 1. The fourth-order valence-electron chi connectivity index (χ4n) is 14.0. The predicted octanol–water partition coefficient (Wildman–Crippen LogP) is 23.2. The van der Waals surface area contributed by atoms with E-state index in [2.05, 4.69) is 288 Å². The van der Waals surface area contributed by atoms with E-state index in [1.807, 2.05) is 0 Å². The maximum absolute atomic E-state index is 13.1. The Morgan fingerprint density at radius 3 is 0.541 bits per heavy atom. The minimum absolute atomic E-state index is 0.320. The van der Waals surface area contributed by atoms with Crippen LogP contribution >= 0.6 is 0 Å². The molecule has 428 valence electrons. The molecule has 0 aliphatic carbocycles. The van der Waals surface area contributed by atoms with Crippen LogP contribution in [0.5, 0.6) is 0 Å². The third kappa shape index (κ3) is 8.67. The van der Waals surface area contributed by atoms with E-state index in [1.54, 1.807) is 0 Å². The highest BCUT2D eigenvalue weighted by Crippen LogP contribution is 2.50. The first-order valence-corrected chi connectivity index (χ1v) is 31.6. The molecule has 0 spiro atoms. The normalized spacial score (nSPS) is 12.7. The van der Waals surface area contributed by atoms with Crippen molar-refractivity contribution in [3.8, 4) is 28.8 Å². The first-order chi connectivity index (χ1) is 40.7. The lowest BCUT2D eigenvalue weighted by atomic mass is 9.98. The van der Waals surface area contributed by atoms with E-state index >= 15 is 0 Å². The SMILES string of the molecule is Cc1c(-n2c3ccc(C(C)C)cc3c3cc(C(C)C)ccc32)c(-n2c3ccc(C(C)C)cc3c3cc(C(C)C)ccc32)c(C#N)c(-n2c3ccc(C(C)C)cc3c3cc(C(C)C)ccc32)c1-n1c2ccc(C(C)C)cc2c2cc(C(C)C)ccc21. The first kappa shape index (κ1) is 55.8. The van der Waals surface area contributed by atoms with Crippen molar-refractivity contribution < 1.29 is 0 Å². The third-order valence-corrected chi connectivity index (χ3v) is 19.2. The Bertz CT molecular complexity index is 4360. The Labute approximate surface area is 503 Å². The summed E-state index contributed by atoms with van der Waals surface area (Å²) in [7, 11) is 0. The number of benzene rings is 9. The molecular formula is C80H83N5. The number of fused-ring (bicyclic) bond motifs is 12. The van der Waals surface area contributed by atoms with Gasteiger partial charge in [0.05, 0.1) is 66.9 Å². The lowest BCUT2D eigenvalue weighted by molar-refractivity contribution is 0.868. The summed E-state index contributed by atoms with van der Waals surface area (Å²) < 4.78 is 10.1. The third-order valence-electron chi connectivity index (χ3n) is 19.2. The van der Waals surface area contributed by atoms with Crippen LogP contribution in [-0.4, -0.2) is 18.3 Å². The standard InChI is InChI=1S/C80H83N5/c1-43(2)52-18-26-69-60(34-52)61-35-53(44(3)4)19-27-70(61)82(69)77-51(17)78(83-71-28-20-54(45(5)6)36-62(71)63-37-55(46(7)8)21-29-72(63)83)80(85-75-32-24-58(49(13)14)40-66(75)67-41-59(50(15)16)25-33-76(67)85)68(42-81)79(77)84-73-30-22-56(47(9)10)38-64(73)65-39-57(48(11)12)23-31-74(65)84/h18-41,43-50H,1-17H3. The molecule has 0 atom stereocenters. The van der Waals surface area contributed by atoms with Crippen molar-refractivity contribution in [1.82, 2.24) is 18.3 Å². The van der Waals surface area contributed by atoms with Crippen molar-refractivity contribution >= 4 is 87.2 Å². The van der Waals surface area contributed by atoms with E-state index in [1.165, 1.54) is 87.6 Å². The Hall–Kier alpha value is -8.33. The fraction of sp³-hybridized carbons (Fsp3) is 0.312. The Balaban J connectivity index is 1.35. The molecule has 13 rings (SSSR count). The van der Waals surface area contributed by atoms with Gasteiger partial charge in [0.15, 0.2) is 0 Å². The Morgan fingerprint density at radius 1 is 0.247 bits per heavy atom. The van der Waals surface area contributed by atoms with Crippen LogP contribution in [0.1, 0.15) is 214 Å². The maximum Gasteiger partial charge on any atom is 0.104 e. The molecular weight excluding hydrogens is 1030 g/mol. The fourth-order valence-corrected chi connectivity index (χ4v) is 14.0. The minimum Gasteiger partial charge on any atom is -0.307 e. The van der Waals surface area contributed by atoms with E-state index in [9.17, 15) is 5.26 Å². The molecule has 9 aromatic carbocycles. The van der Waals surface area contributed by atoms with Crippen LogP contribution in [0.2, 0.25) is 0 Å². The quantitative estimate of drug-likeness (QED) is 0.120. The molecule has 13 aromatic rings. The lowest BCUT2D eigenvalue weighted by Crippen LogP contribution is -2.16. The second-order valence-corrected chi connectivity index (χ2v) is 27.3. The molecule has 0 aliphatic heterocycles. The highest BCUT2D eigenvalue weighted by atomic mass is 15.1. The lowest BCUT2D eigenvalue weighted by Gasteiger charge is -2.28. The molecule has 5 nitrogen and oxygen atoms in total. The van der Waals surface area contributed by atoms with Gasteiger partial charge < -0.3 is 18.3 Å². The van der Waals surface area contributed by atoms with Crippen LogP contribution < -0.4 is 0 Å². The van der Waals surface area contributed by atoms with Crippen molar-refractivity contribution in [2.45, 2.75) is 165 Å². The summed E-state index contributed by atoms with van der Waals surface area (Å²) in [4.78, 5) is 0. The first-order valence-electron chi connectivity index (χ1n) is 31.6. The largest absolute Gasteiger partial charge is 0.307 e. The van der Waals surface area contributed by atoms with Gasteiger partial charge >= 0.3 is 0 Å². The van der Waals surface area contributed by atoms with Crippen LogP contribution in [0.3, 0.4) is 0 Å². The van der Waals surface area contributed by atoms with Crippen molar-refractivity contribution in [3.05, 3.63) is 201 Å². The smallest absolute Gasteiger partial charge is 0.104 e. The highest BCUT2D eigenvalue weighted by molar-refractivity contribution is 6.16. The molecule has 0 radical (unpaired) electrons. The van der Waals surface area contributed by atoms with Crippen molar-refractivity contribution in [2.24, 2.45) is 0 Å². The predicted molar refractivity (Wildman–Crippen MR) is 366 cm³/mol. The van der Waals surface area contributed by atoms with Gasteiger partial charge in [-0.25, -0.2) is 0 Å². The summed E-state index contributed by atoms with van der Waals surface area (Å²) in [5.74, 6) is 2.60. The molecule has 0 saturated carbocycles. The van der Waals surface area contributed by atoms with Crippen LogP contribution in [0.25, 0.3) is 110 Å². The maximum atomic E-state index is 13.1. The van der Waals surface area contributed by atoms with Crippen LogP contribution in [-0.2, 0) is 0 Å². The summed E-state index contributed by atoms with van der Waals surface area (Å²) in [6.07, 6.45) is 0. The second kappa shape index (κ2) is 20.7. The van der Waals surface area contributed by atoms with Gasteiger partial charge in [0.25, 0.3) is 0 Å². The molecule has 0 aliphatic rings. The molecule has 85 heavy (non-hydrogen) atoms. The average molecular weight is 1110 g/mol. The number of nitriles is 1. The van der Waals surface area contributed by atoms with Gasteiger partial charge in [0.2, 0.25) is 0 Å². The average Bonchev–Trinajstić information content (AvgIpc) is 1.63. The summed E-state index contributed by atoms with van der Waals surface area (Å²) >= 11 is 0. The molecule has 0 bridgehead atoms. The van der Waals surface area contributed by atoms with Crippen LogP contribution in [0.15, 0.2) is 146 Å². The van der Waals surface area contributed by atoms with Crippen molar-refractivity contribution in [3.63, 3.8) is 0 Å². The van der Waals surface area contributed by atoms with E-state index in [0.29, 0.717) is 52.9 Å². The zero-order valence-corrected chi connectivity index (χ0v) is 53.2. The number of hydrogen-bond donors (Lipinski definition) is 0. The summed E-state index contributed by atoms with van der Waals surface area (Å²) in [6.45, 7) is 39.1. The molecule has 0 amide bonds. The van der Waals surface area contributed by atoms with Gasteiger partial charge in [-0.15, -0.1) is 0 Å². The Kier molecular flexibility index (Phi) is 13.6.